The number of nitrogens with zero attached hydrogens (tertiary/aromatic N) is 2. The van der Waals surface area contributed by atoms with Crippen molar-refractivity contribution in [2.75, 3.05) is 5.01 Å². The lowest BCUT2D eigenvalue weighted by Crippen LogP contribution is -2.21. The van der Waals surface area contributed by atoms with Crippen LogP contribution in [0.1, 0.15) is 40.8 Å². The molecule has 162 valence electrons. The van der Waals surface area contributed by atoms with Gasteiger partial charge in [-0.3, -0.25) is 4.79 Å². The Balaban J connectivity index is 0.00000289. The summed E-state index contributed by atoms with van der Waals surface area (Å²) in [5, 5.41) is 23.7. The van der Waals surface area contributed by atoms with E-state index >= 15 is 0 Å². The van der Waals surface area contributed by atoms with Crippen molar-refractivity contribution in [3.8, 4) is 11.3 Å². The second-order valence-electron chi connectivity index (χ2n) is 6.80. The summed E-state index contributed by atoms with van der Waals surface area (Å²) in [6, 6.07) is 15.7. The van der Waals surface area contributed by atoms with Crippen molar-refractivity contribution in [1.29, 1.82) is 0 Å². The SMILES string of the molecule is C.CC1=NN(c2cccc(C(=O)O)c2)C(=O)/C1=C\c1ccc(-c2cccc(C(=O)O)c2)o1. The van der Waals surface area contributed by atoms with E-state index in [9.17, 15) is 14.4 Å². The molecule has 8 nitrogen and oxygen atoms in total. The van der Waals surface area contributed by atoms with Crippen molar-refractivity contribution in [3.05, 3.63) is 83.1 Å². The smallest absolute Gasteiger partial charge is 0.335 e. The van der Waals surface area contributed by atoms with Crippen LogP contribution in [0.2, 0.25) is 0 Å². The molecule has 4 rings (SSSR count). The standard InChI is InChI=1S/C23H16N2O6.CH4/c1-13-19(21(26)25(24-13)17-7-3-6-16(11-17)23(29)30)12-18-8-9-20(31-18)14-4-2-5-15(10-14)22(27)28;/h2-12H,1H3,(H,27,28)(H,29,30);1H4/b19-12-;. The Hall–Kier alpha value is -4.46. The van der Waals surface area contributed by atoms with Crippen LogP contribution in [-0.4, -0.2) is 33.8 Å². The van der Waals surface area contributed by atoms with Crippen molar-refractivity contribution in [3.63, 3.8) is 0 Å². The second kappa shape index (κ2) is 8.73. The lowest BCUT2D eigenvalue weighted by molar-refractivity contribution is -0.114. The van der Waals surface area contributed by atoms with Crippen LogP contribution in [0, 0.1) is 0 Å². The zero-order valence-electron chi connectivity index (χ0n) is 16.3. The summed E-state index contributed by atoms with van der Waals surface area (Å²) >= 11 is 0. The van der Waals surface area contributed by atoms with E-state index in [0.717, 1.165) is 5.01 Å². The Bertz CT molecular complexity index is 1280. The summed E-state index contributed by atoms with van der Waals surface area (Å²) < 4.78 is 5.78. The number of hydrazone groups is 1. The minimum absolute atomic E-state index is 0. The fraction of sp³-hybridized carbons (Fsp3) is 0.0833. The average Bonchev–Trinajstić information content (AvgIpc) is 3.34. The van der Waals surface area contributed by atoms with Crippen LogP contribution in [0.5, 0.6) is 0 Å². The van der Waals surface area contributed by atoms with Gasteiger partial charge in [0.05, 0.1) is 28.1 Å². The Morgan fingerprint density at radius 1 is 0.969 bits per heavy atom. The number of benzene rings is 2. The summed E-state index contributed by atoms with van der Waals surface area (Å²) in [5.74, 6) is -1.69. The van der Waals surface area contributed by atoms with Crippen LogP contribution in [-0.2, 0) is 4.79 Å². The highest BCUT2D eigenvalue weighted by molar-refractivity contribution is 6.32. The summed E-state index contributed by atoms with van der Waals surface area (Å²) in [5.41, 5.74) is 1.90. The molecule has 1 aromatic heterocycles. The Kier molecular flexibility index (Phi) is 6.06. The number of hydrogen-bond acceptors (Lipinski definition) is 5. The van der Waals surface area contributed by atoms with Gasteiger partial charge in [-0.2, -0.15) is 10.1 Å². The topological polar surface area (TPSA) is 120 Å². The van der Waals surface area contributed by atoms with Crippen molar-refractivity contribution in [2.24, 2.45) is 5.10 Å². The molecule has 0 atom stereocenters. The van der Waals surface area contributed by atoms with E-state index in [1.54, 1.807) is 49.4 Å². The molecule has 8 heteroatoms. The van der Waals surface area contributed by atoms with Gasteiger partial charge in [0.15, 0.2) is 0 Å². The summed E-state index contributed by atoms with van der Waals surface area (Å²) in [6.45, 7) is 1.67. The number of carbonyl (C=O) groups excluding carboxylic acids is 1. The monoisotopic (exact) mass is 432 g/mol. The number of amides is 1. The van der Waals surface area contributed by atoms with Gasteiger partial charge in [-0.15, -0.1) is 0 Å². The fourth-order valence-corrected chi connectivity index (χ4v) is 3.16. The van der Waals surface area contributed by atoms with Crippen LogP contribution in [0.3, 0.4) is 0 Å². The van der Waals surface area contributed by atoms with Gasteiger partial charge in [0, 0.05) is 5.56 Å². The van der Waals surface area contributed by atoms with Crippen LogP contribution < -0.4 is 5.01 Å². The number of carboxylic acids is 2. The van der Waals surface area contributed by atoms with Gasteiger partial charge in [0.25, 0.3) is 5.91 Å². The Labute approximate surface area is 183 Å². The maximum absolute atomic E-state index is 12.9. The number of anilines is 1. The number of carbonyl (C=O) groups is 3. The fourth-order valence-electron chi connectivity index (χ4n) is 3.16. The largest absolute Gasteiger partial charge is 0.478 e. The number of rotatable bonds is 5. The molecule has 0 saturated heterocycles. The molecule has 3 aromatic rings. The Morgan fingerprint density at radius 2 is 1.62 bits per heavy atom. The van der Waals surface area contributed by atoms with E-state index in [1.807, 2.05) is 0 Å². The lowest BCUT2D eigenvalue weighted by Gasteiger charge is -2.12. The molecular formula is C24H20N2O6. The van der Waals surface area contributed by atoms with E-state index in [-0.39, 0.29) is 18.6 Å². The molecular weight excluding hydrogens is 412 g/mol. The van der Waals surface area contributed by atoms with Crippen LogP contribution in [0.15, 0.2) is 75.8 Å². The molecule has 2 N–H and O–H groups in total. The van der Waals surface area contributed by atoms with Gasteiger partial charge in [-0.25, -0.2) is 9.59 Å². The van der Waals surface area contributed by atoms with Gasteiger partial charge >= 0.3 is 11.9 Å². The van der Waals surface area contributed by atoms with Crippen LogP contribution in [0.4, 0.5) is 5.69 Å². The predicted molar refractivity (Wildman–Crippen MR) is 120 cm³/mol. The van der Waals surface area contributed by atoms with Gasteiger partial charge in [-0.05, 0) is 55.5 Å². The first kappa shape index (κ1) is 22.2. The summed E-state index contributed by atoms with van der Waals surface area (Å²) in [7, 11) is 0. The van der Waals surface area contributed by atoms with E-state index in [0.29, 0.717) is 34.1 Å². The molecule has 0 bridgehead atoms. The first-order valence-corrected chi connectivity index (χ1v) is 9.22. The molecule has 0 radical (unpaired) electrons. The van der Waals surface area contributed by atoms with E-state index in [1.165, 1.54) is 24.3 Å². The number of furan rings is 1. The molecule has 0 unspecified atom stereocenters. The molecule has 1 aliphatic heterocycles. The summed E-state index contributed by atoms with van der Waals surface area (Å²) in [6.07, 6.45) is 1.55. The van der Waals surface area contributed by atoms with Crippen LogP contribution >= 0.6 is 0 Å². The predicted octanol–water partition coefficient (Wildman–Crippen LogP) is 4.79. The molecule has 2 aromatic carbocycles. The van der Waals surface area contributed by atoms with Gasteiger partial charge < -0.3 is 14.6 Å². The average molecular weight is 432 g/mol. The van der Waals surface area contributed by atoms with Gasteiger partial charge in [0.1, 0.15) is 11.5 Å². The molecule has 0 fully saturated rings. The maximum atomic E-state index is 12.9. The molecule has 1 amide bonds. The number of carboxylic acid groups (broad SMARTS) is 2. The highest BCUT2D eigenvalue weighted by atomic mass is 16.4. The minimum atomic E-state index is -1.10. The van der Waals surface area contributed by atoms with E-state index < -0.39 is 17.8 Å². The number of hydrogen-bond donors (Lipinski definition) is 2. The zero-order chi connectivity index (χ0) is 22.1. The molecule has 1 aliphatic rings. The zero-order valence-corrected chi connectivity index (χ0v) is 16.3. The van der Waals surface area contributed by atoms with Crippen molar-refractivity contribution >= 4 is 35.3 Å². The minimum Gasteiger partial charge on any atom is -0.478 e. The highest BCUT2D eigenvalue weighted by Crippen LogP contribution is 2.28. The third kappa shape index (κ3) is 4.20. The lowest BCUT2D eigenvalue weighted by atomic mass is 10.1. The van der Waals surface area contributed by atoms with Crippen LogP contribution in [0.25, 0.3) is 17.4 Å². The molecule has 32 heavy (non-hydrogen) atoms. The van der Waals surface area contributed by atoms with Crippen molar-refractivity contribution in [2.45, 2.75) is 14.4 Å². The third-order valence-corrected chi connectivity index (χ3v) is 4.71. The maximum Gasteiger partial charge on any atom is 0.335 e. The van der Waals surface area contributed by atoms with Crippen molar-refractivity contribution in [1.82, 2.24) is 0 Å². The van der Waals surface area contributed by atoms with Crippen molar-refractivity contribution < 1.29 is 29.0 Å². The first-order chi connectivity index (χ1) is 14.8. The normalized spacial score (nSPS) is 14.3. The highest BCUT2D eigenvalue weighted by Gasteiger charge is 2.29. The van der Waals surface area contributed by atoms with E-state index in [2.05, 4.69) is 5.10 Å². The second-order valence-corrected chi connectivity index (χ2v) is 6.80. The molecule has 2 heterocycles. The van der Waals surface area contributed by atoms with Gasteiger partial charge in [0.2, 0.25) is 0 Å². The third-order valence-electron chi connectivity index (χ3n) is 4.71. The van der Waals surface area contributed by atoms with E-state index in [4.69, 9.17) is 14.6 Å². The molecule has 0 spiro atoms. The quantitative estimate of drug-likeness (QED) is 0.560. The first-order valence-electron chi connectivity index (χ1n) is 9.22. The molecule has 0 saturated carbocycles. The number of aromatic carboxylic acids is 2. The Morgan fingerprint density at radius 3 is 2.31 bits per heavy atom. The molecule has 0 aliphatic carbocycles. The van der Waals surface area contributed by atoms with Gasteiger partial charge in [-0.1, -0.05) is 25.6 Å². The summed E-state index contributed by atoms with van der Waals surface area (Å²) in [4.78, 5) is 35.3.